The molecule has 0 aliphatic heterocycles. The number of hydrogen-bond acceptors (Lipinski definition) is 6. The molecular formula is C13H13N3O4S. The van der Waals surface area contributed by atoms with E-state index in [4.69, 9.17) is 4.74 Å². The smallest absolute Gasteiger partial charge is 0.434 e. The molecule has 1 aromatic heterocycles. The molecule has 0 saturated carbocycles. The van der Waals surface area contributed by atoms with Crippen LogP contribution in [0, 0.1) is 0 Å². The predicted molar refractivity (Wildman–Crippen MR) is 78.8 cm³/mol. The van der Waals surface area contributed by atoms with Gasteiger partial charge in [-0.05, 0) is 31.2 Å². The molecule has 2 aromatic rings. The summed E-state index contributed by atoms with van der Waals surface area (Å²) >= 11 is 1.32. The number of anilines is 2. The number of carbonyl (C=O) groups excluding carboxylic acids is 2. The number of benzene rings is 1. The molecule has 0 saturated heterocycles. The fraction of sp³-hybridized carbons (Fsp3) is 0.154. The highest BCUT2D eigenvalue weighted by atomic mass is 32.1. The van der Waals surface area contributed by atoms with Crippen LogP contribution in [0.5, 0.6) is 5.75 Å². The van der Waals surface area contributed by atoms with Gasteiger partial charge >= 0.3 is 12.2 Å². The zero-order chi connectivity index (χ0) is 15.1. The Morgan fingerprint density at radius 3 is 2.62 bits per heavy atom. The number of hydrogen-bond donors (Lipinski definition) is 2. The molecule has 0 fully saturated rings. The number of thiazole rings is 1. The number of nitrogens with zero attached hydrogens (tertiary/aromatic N) is 1. The molecule has 0 aliphatic carbocycles. The van der Waals surface area contributed by atoms with Crippen molar-refractivity contribution in [2.24, 2.45) is 0 Å². The maximum Gasteiger partial charge on any atom is 0.513 e. The van der Waals surface area contributed by atoms with Crippen LogP contribution in [0.1, 0.15) is 6.92 Å². The molecule has 7 nitrogen and oxygen atoms in total. The summed E-state index contributed by atoms with van der Waals surface area (Å²) in [5, 5.41) is 7.49. The van der Waals surface area contributed by atoms with Crippen molar-refractivity contribution in [1.82, 2.24) is 4.98 Å². The quantitative estimate of drug-likeness (QED) is 0.668. The van der Waals surface area contributed by atoms with Crippen LogP contribution in [-0.2, 0) is 4.74 Å². The van der Waals surface area contributed by atoms with E-state index in [2.05, 4.69) is 20.4 Å². The summed E-state index contributed by atoms with van der Waals surface area (Å²) < 4.78 is 9.55. The number of nitrogens with one attached hydrogen (secondary N) is 2. The van der Waals surface area contributed by atoms with E-state index >= 15 is 0 Å². The van der Waals surface area contributed by atoms with Gasteiger partial charge in [-0.3, -0.25) is 5.32 Å². The third-order valence-corrected chi connectivity index (χ3v) is 2.92. The van der Waals surface area contributed by atoms with Gasteiger partial charge in [0.2, 0.25) is 0 Å². The second-order valence-electron chi connectivity index (χ2n) is 3.73. The molecule has 0 radical (unpaired) electrons. The second-order valence-corrected chi connectivity index (χ2v) is 4.62. The lowest BCUT2D eigenvalue weighted by Gasteiger charge is -2.07. The van der Waals surface area contributed by atoms with Crippen molar-refractivity contribution >= 4 is 34.3 Å². The van der Waals surface area contributed by atoms with Crippen LogP contribution in [0.3, 0.4) is 0 Å². The molecule has 0 aliphatic rings. The van der Waals surface area contributed by atoms with Gasteiger partial charge in [-0.25, -0.2) is 14.6 Å². The van der Waals surface area contributed by atoms with E-state index in [1.165, 1.54) is 11.3 Å². The number of amides is 2. The van der Waals surface area contributed by atoms with E-state index < -0.39 is 12.2 Å². The van der Waals surface area contributed by atoms with Gasteiger partial charge in [0.05, 0.1) is 6.61 Å². The maximum atomic E-state index is 11.7. The Morgan fingerprint density at radius 1 is 1.24 bits per heavy atom. The van der Waals surface area contributed by atoms with Crippen molar-refractivity contribution in [2.45, 2.75) is 6.92 Å². The van der Waals surface area contributed by atoms with E-state index in [1.807, 2.05) is 0 Å². The minimum Gasteiger partial charge on any atom is -0.434 e. The van der Waals surface area contributed by atoms with Crippen molar-refractivity contribution in [3.05, 3.63) is 35.8 Å². The Kier molecular flexibility index (Phi) is 5.10. The third kappa shape index (κ3) is 4.77. The number of urea groups is 1. The van der Waals surface area contributed by atoms with Gasteiger partial charge in [0.25, 0.3) is 0 Å². The first-order valence-electron chi connectivity index (χ1n) is 6.09. The van der Waals surface area contributed by atoms with Gasteiger partial charge < -0.3 is 14.8 Å². The van der Waals surface area contributed by atoms with Gasteiger partial charge in [0, 0.05) is 17.3 Å². The number of carbonyl (C=O) groups is 2. The molecule has 0 bridgehead atoms. The molecule has 1 heterocycles. The van der Waals surface area contributed by atoms with Crippen molar-refractivity contribution in [3.8, 4) is 5.75 Å². The number of ether oxygens (including phenoxy) is 2. The largest absolute Gasteiger partial charge is 0.513 e. The third-order valence-electron chi connectivity index (χ3n) is 2.23. The highest BCUT2D eigenvalue weighted by Gasteiger charge is 2.06. The van der Waals surface area contributed by atoms with Gasteiger partial charge in [-0.1, -0.05) is 0 Å². The van der Waals surface area contributed by atoms with Crippen LogP contribution in [0.2, 0.25) is 0 Å². The first-order chi connectivity index (χ1) is 10.2. The molecule has 1 aromatic carbocycles. The average molecular weight is 307 g/mol. The van der Waals surface area contributed by atoms with E-state index in [1.54, 1.807) is 42.8 Å². The zero-order valence-electron chi connectivity index (χ0n) is 11.2. The Bertz CT molecular complexity index is 598. The van der Waals surface area contributed by atoms with Crippen LogP contribution in [0.25, 0.3) is 0 Å². The molecule has 0 unspecified atom stereocenters. The normalized spacial score (nSPS) is 9.76. The van der Waals surface area contributed by atoms with Gasteiger partial charge in [0.1, 0.15) is 5.75 Å². The summed E-state index contributed by atoms with van der Waals surface area (Å²) in [7, 11) is 0. The van der Waals surface area contributed by atoms with Crippen LogP contribution >= 0.6 is 11.3 Å². The van der Waals surface area contributed by atoms with Crippen LogP contribution in [0.4, 0.5) is 20.4 Å². The number of rotatable bonds is 4. The monoisotopic (exact) mass is 307 g/mol. The van der Waals surface area contributed by atoms with Gasteiger partial charge in [-0.15, -0.1) is 11.3 Å². The highest BCUT2D eigenvalue weighted by Crippen LogP contribution is 2.17. The Hall–Kier alpha value is -2.61. The molecule has 8 heteroatoms. The van der Waals surface area contributed by atoms with E-state index in [0.29, 0.717) is 16.6 Å². The molecular weight excluding hydrogens is 294 g/mol. The lowest BCUT2D eigenvalue weighted by molar-refractivity contribution is 0.104. The predicted octanol–water partition coefficient (Wildman–Crippen LogP) is 3.32. The molecule has 2 amide bonds. The average Bonchev–Trinajstić information content (AvgIpc) is 2.94. The van der Waals surface area contributed by atoms with E-state index in [0.717, 1.165) is 0 Å². The SMILES string of the molecule is CCOC(=O)Oc1ccc(NC(=O)Nc2nccs2)cc1. The van der Waals surface area contributed by atoms with Crippen molar-refractivity contribution in [2.75, 3.05) is 17.2 Å². The van der Waals surface area contributed by atoms with E-state index in [-0.39, 0.29) is 6.61 Å². The Balaban J connectivity index is 1.87. The van der Waals surface area contributed by atoms with Crippen LogP contribution in [-0.4, -0.2) is 23.8 Å². The molecule has 0 spiro atoms. The van der Waals surface area contributed by atoms with Crippen molar-refractivity contribution in [3.63, 3.8) is 0 Å². The zero-order valence-corrected chi connectivity index (χ0v) is 12.0. The Morgan fingerprint density at radius 2 is 2.00 bits per heavy atom. The molecule has 21 heavy (non-hydrogen) atoms. The van der Waals surface area contributed by atoms with Gasteiger partial charge in [0.15, 0.2) is 5.13 Å². The summed E-state index contributed by atoms with van der Waals surface area (Å²) in [6.07, 6.45) is 0.835. The Labute approximate surface area is 124 Å². The van der Waals surface area contributed by atoms with E-state index in [9.17, 15) is 9.59 Å². The lowest BCUT2D eigenvalue weighted by atomic mass is 10.3. The van der Waals surface area contributed by atoms with Gasteiger partial charge in [-0.2, -0.15) is 0 Å². The van der Waals surface area contributed by atoms with Crippen LogP contribution < -0.4 is 15.4 Å². The highest BCUT2D eigenvalue weighted by molar-refractivity contribution is 7.13. The fourth-order valence-corrected chi connectivity index (χ4v) is 1.92. The number of aromatic nitrogens is 1. The summed E-state index contributed by atoms with van der Waals surface area (Å²) in [6.45, 7) is 1.94. The molecule has 110 valence electrons. The first kappa shape index (κ1) is 14.8. The summed E-state index contributed by atoms with van der Waals surface area (Å²) in [6, 6.07) is 5.92. The standard InChI is InChI=1S/C13H13N3O4S/c1-2-19-13(18)20-10-5-3-9(4-6-10)15-11(17)16-12-14-7-8-21-12/h3-8H,2H2,1H3,(H2,14,15,16,17). The molecule has 2 N–H and O–H groups in total. The first-order valence-corrected chi connectivity index (χ1v) is 6.97. The van der Waals surface area contributed by atoms with Crippen LogP contribution in [0.15, 0.2) is 35.8 Å². The minimum atomic E-state index is -0.764. The summed E-state index contributed by atoms with van der Waals surface area (Å²) in [5.74, 6) is 0.333. The van der Waals surface area contributed by atoms with Crippen molar-refractivity contribution in [1.29, 1.82) is 0 Å². The second kappa shape index (κ2) is 7.25. The fourth-order valence-electron chi connectivity index (χ4n) is 1.39. The molecule has 2 rings (SSSR count). The molecule has 0 atom stereocenters. The minimum absolute atomic E-state index is 0.245. The summed E-state index contributed by atoms with van der Waals surface area (Å²) in [4.78, 5) is 26.7. The maximum absolute atomic E-state index is 11.7. The lowest BCUT2D eigenvalue weighted by Crippen LogP contribution is -2.19. The van der Waals surface area contributed by atoms with Crippen molar-refractivity contribution < 1.29 is 19.1 Å². The summed E-state index contributed by atoms with van der Waals surface area (Å²) in [5.41, 5.74) is 0.556. The topological polar surface area (TPSA) is 89.5 Å².